The molecule has 4 rings (SSSR count). The SMILES string of the molecule is COc1ccc(C2C(C#N)=C(N)N3C(=C2C#N)Oc2ccccc23)cc1. The van der Waals surface area contributed by atoms with Gasteiger partial charge >= 0.3 is 0 Å². The molecule has 2 aromatic rings. The molecule has 0 aromatic heterocycles. The van der Waals surface area contributed by atoms with Crippen molar-refractivity contribution in [1.29, 1.82) is 10.5 Å². The van der Waals surface area contributed by atoms with Crippen LogP contribution in [-0.4, -0.2) is 7.11 Å². The maximum Gasteiger partial charge on any atom is 0.221 e. The second kappa shape index (κ2) is 5.87. The summed E-state index contributed by atoms with van der Waals surface area (Å²) >= 11 is 0. The smallest absolute Gasteiger partial charge is 0.221 e. The Balaban J connectivity index is 1.92. The van der Waals surface area contributed by atoms with Crippen molar-refractivity contribution in [1.82, 2.24) is 0 Å². The lowest BCUT2D eigenvalue weighted by molar-refractivity contribution is 0.414. The van der Waals surface area contributed by atoms with Crippen LogP contribution in [-0.2, 0) is 0 Å². The van der Waals surface area contributed by atoms with Crippen molar-refractivity contribution in [3.8, 4) is 23.6 Å². The highest BCUT2D eigenvalue weighted by atomic mass is 16.5. The summed E-state index contributed by atoms with van der Waals surface area (Å²) in [5.41, 5.74) is 8.47. The number of benzene rings is 2. The first-order valence-electron chi connectivity index (χ1n) is 7.94. The van der Waals surface area contributed by atoms with Gasteiger partial charge in [0.1, 0.15) is 23.2 Å². The van der Waals surface area contributed by atoms with Crippen molar-refractivity contribution in [2.45, 2.75) is 5.92 Å². The molecule has 2 aliphatic rings. The number of nitrogens with two attached hydrogens (primary N) is 1. The summed E-state index contributed by atoms with van der Waals surface area (Å²) in [5.74, 6) is 1.33. The minimum atomic E-state index is -0.587. The lowest BCUT2D eigenvalue weighted by atomic mass is 9.83. The van der Waals surface area contributed by atoms with Crippen LogP contribution in [0.15, 0.2) is 71.4 Å². The second-order valence-electron chi connectivity index (χ2n) is 5.85. The summed E-state index contributed by atoms with van der Waals surface area (Å²) in [6.45, 7) is 0. The van der Waals surface area contributed by atoms with Crippen molar-refractivity contribution >= 4 is 5.69 Å². The van der Waals surface area contributed by atoms with E-state index in [1.54, 1.807) is 30.2 Å². The van der Waals surface area contributed by atoms with Crippen molar-refractivity contribution in [2.75, 3.05) is 12.0 Å². The lowest BCUT2D eigenvalue weighted by Gasteiger charge is -2.30. The number of anilines is 1. The summed E-state index contributed by atoms with van der Waals surface area (Å²) in [6.07, 6.45) is 0. The number of fused-ring (bicyclic) bond motifs is 3. The van der Waals surface area contributed by atoms with Gasteiger partial charge in [-0.15, -0.1) is 0 Å². The minimum Gasteiger partial charge on any atom is -0.497 e. The number of ether oxygens (including phenoxy) is 2. The standard InChI is InChI=1S/C20H14N4O2/c1-25-13-8-6-12(7-9-13)18-14(10-21)19(23)24-16-4-2-3-5-17(16)26-20(24)15(18)11-22/h2-9,18H,23H2,1H3. The molecule has 0 fully saturated rings. The highest BCUT2D eigenvalue weighted by Crippen LogP contribution is 2.48. The maximum absolute atomic E-state index is 9.84. The first kappa shape index (κ1) is 15.6. The van der Waals surface area contributed by atoms with Gasteiger partial charge in [0.15, 0.2) is 5.75 Å². The van der Waals surface area contributed by atoms with Crippen LogP contribution < -0.4 is 20.1 Å². The van der Waals surface area contributed by atoms with Gasteiger partial charge < -0.3 is 15.2 Å². The summed E-state index contributed by atoms with van der Waals surface area (Å²) in [6, 6.07) is 19.0. The first-order chi connectivity index (χ1) is 12.7. The zero-order chi connectivity index (χ0) is 18.3. The molecule has 0 radical (unpaired) electrons. The van der Waals surface area contributed by atoms with Crippen molar-refractivity contribution in [3.05, 3.63) is 76.9 Å². The molecule has 0 bridgehead atoms. The van der Waals surface area contributed by atoms with E-state index in [1.807, 2.05) is 30.3 Å². The zero-order valence-corrected chi connectivity index (χ0v) is 13.9. The van der Waals surface area contributed by atoms with Crippen LogP contribution in [0, 0.1) is 22.7 Å². The number of nitriles is 2. The molecule has 2 heterocycles. The maximum atomic E-state index is 9.84. The molecule has 0 saturated carbocycles. The molecule has 0 amide bonds. The largest absolute Gasteiger partial charge is 0.497 e. The predicted molar refractivity (Wildman–Crippen MR) is 94.7 cm³/mol. The van der Waals surface area contributed by atoms with Crippen molar-refractivity contribution in [2.24, 2.45) is 5.73 Å². The average molecular weight is 342 g/mol. The van der Waals surface area contributed by atoms with Crippen LogP contribution in [0.2, 0.25) is 0 Å². The van der Waals surface area contributed by atoms with E-state index in [-0.39, 0.29) is 5.82 Å². The monoisotopic (exact) mass is 342 g/mol. The van der Waals surface area contributed by atoms with Gasteiger partial charge in [0.2, 0.25) is 5.88 Å². The predicted octanol–water partition coefficient (Wildman–Crippen LogP) is 3.12. The van der Waals surface area contributed by atoms with E-state index in [2.05, 4.69) is 12.1 Å². The van der Waals surface area contributed by atoms with Gasteiger partial charge in [0.25, 0.3) is 0 Å². The van der Waals surface area contributed by atoms with Gasteiger partial charge in [-0.1, -0.05) is 24.3 Å². The number of hydrogen-bond donors (Lipinski definition) is 1. The number of methoxy groups -OCH3 is 1. The summed E-state index contributed by atoms with van der Waals surface area (Å²) in [4.78, 5) is 1.63. The molecule has 1 atom stereocenters. The van der Waals surface area contributed by atoms with E-state index in [1.165, 1.54) is 0 Å². The average Bonchev–Trinajstić information content (AvgIpc) is 3.07. The molecule has 2 aliphatic heterocycles. The molecule has 26 heavy (non-hydrogen) atoms. The molecule has 6 heteroatoms. The Morgan fingerprint density at radius 3 is 2.38 bits per heavy atom. The van der Waals surface area contributed by atoms with Crippen molar-refractivity contribution in [3.63, 3.8) is 0 Å². The van der Waals surface area contributed by atoms with Crippen LogP contribution in [0.3, 0.4) is 0 Å². The number of para-hydroxylation sites is 2. The van der Waals surface area contributed by atoms with Gasteiger partial charge in [-0.2, -0.15) is 10.5 Å². The molecular formula is C20H14N4O2. The Hall–Kier alpha value is -3.90. The molecule has 126 valence electrons. The molecular weight excluding hydrogens is 328 g/mol. The van der Waals surface area contributed by atoms with Gasteiger partial charge in [-0.05, 0) is 29.8 Å². The Labute approximate surface area is 150 Å². The fourth-order valence-corrected chi connectivity index (χ4v) is 3.30. The topological polar surface area (TPSA) is 95.3 Å². The Bertz CT molecular complexity index is 1040. The van der Waals surface area contributed by atoms with Crippen LogP contribution >= 0.6 is 0 Å². The number of rotatable bonds is 2. The summed E-state index contributed by atoms with van der Waals surface area (Å²) in [7, 11) is 1.58. The van der Waals surface area contributed by atoms with Crippen LogP contribution in [0.5, 0.6) is 11.5 Å². The van der Waals surface area contributed by atoms with Gasteiger partial charge in [-0.25, -0.2) is 0 Å². The minimum absolute atomic E-state index is 0.271. The second-order valence-corrected chi connectivity index (χ2v) is 5.85. The molecule has 0 saturated heterocycles. The van der Waals surface area contributed by atoms with E-state index in [9.17, 15) is 10.5 Å². The summed E-state index contributed by atoms with van der Waals surface area (Å²) in [5, 5.41) is 19.6. The summed E-state index contributed by atoms with van der Waals surface area (Å²) < 4.78 is 11.1. The highest BCUT2D eigenvalue weighted by molar-refractivity contribution is 5.75. The van der Waals surface area contributed by atoms with Crippen LogP contribution in [0.1, 0.15) is 11.5 Å². The third kappa shape index (κ3) is 2.10. The number of allylic oxidation sites excluding steroid dienone is 2. The van der Waals surface area contributed by atoms with E-state index in [0.29, 0.717) is 34.2 Å². The van der Waals surface area contributed by atoms with E-state index >= 15 is 0 Å². The van der Waals surface area contributed by atoms with E-state index in [0.717, 1.165) is 5.56 Å². The van der Waals surface area contributed by atoms with Gasteiger partial charge in [0.05, 0.1) is 30.4 Å². The van der Waals surface area contributed by atoms with Gasteiger partial charge in [-0.3, -0.25) is 4.90 Å². The fourth-order valence-electron chi connectivity index (χ4n) is 3.30. The third-order valence-electron chi connectivity index (χ3n) is 4.53. The third-order valence-corrected chi connectivity index (χ3v) is 4.53. The van der Waals surface area contributed by atoms with E-state index < -0.39 is 5.92 Å². The molecule has 6 nitrogen and oxygen atoms in total. The number of hydrogen-bond acceptors (Lipinski definition) is 6. The number of nitrogens with zero attached hydrogens (tertiary/aromatic N) is 3. The van der Waals surface area contributed by atoms with Crippen molar-refractivity contribution < 1.29 is 9.47 Å². The highest BCUT2D eigenvalue weighted by Gasteiger charge is 2.41. The first-order valence-corrected chi connectivity index (χ1v) is 7.94. The normalized spacial score (nSPS) is 17.8. The van der Waals surface area contributed by atoms with Gasteiger partial charge in [0, 0.05) is 0 Å². The molecule has 0 aliphatic carbocycles. The van der Waals surface area contributed by atoms with Crippen LogP contribution in [0.4, 0.5) is 5.69 Å². The van der Waals surface area contributed by atoms with E-state index in [4.69, 9.17) is 15.2 Å². The molecule has 2 N–H and O–H groups in total. The Kier molecular flexibility index (Phi) is 3.53. The Morgan fingerprint density at radius 2 is 1.73 bits per heavy atom. The fraction of sp³-hybridized carbons (Fsp3) is 0.100. The zero-order valence-electron chi connectivity index (χ0n) is 13.9. The van der Waals surface area contributed by atoms with Crippen LogP contribution in [0.25, 0.3) is 0 Å². The molecule has 0 spiro atoms. The quantitative estimate of drug-likeness (QED) is 0.901. The molecule has 2 aromatic carbocycles. The lowest BCUT2D eigenvalue weighted by Crippen LogP contribution is -2.34. The molecule has 1 unspecified atom stereocenters. The Morgan fingerprint density at radius 1 is 1.04 bits per heavy atom.